The van der Waals surface area contributed by atoms with E-state index in [4.69, 9.17) is 0 Å². The second-order valence-corrected chi connectivity index (χ2v) is 4.43. The largest absolute Gasteiger partial charge is 0.347 e. The van der Waals surface area contributed by atoms with Crippen molar-refractivity contribution in [2.24, 2.45) is 0 Å². The van der Waals surface area contributed by atoms with Crippen LogP contribution in [0.2, 0.25) is 0 Å². The van der Waals surface area contributed by atoms with Gasteiger partial charge in [-0.2, -0.15) is 0 Å². The van der Waals surface area contributed by atoms with E-state index in [1.54, 1.807) is 45.3 Å². The SMILES string of the molecule is CC(C(=O)N(C)C)N1C(=O)c2ccccc2C1=O. The van der Waals surface area contributed by atoms with Gasteiger partial charge >= 0.3 is 0 Å². The summed E-state index contributed by atoms with van der Waals surface area (Å²) in [7, 11) is 3.19. The maximum Gasteiger partial charge on any atom is 0.262 e. The number of likely N-dealkylation sites (N-methyl/N-ethyl adjacent to an activating group) is 1. The van der Waals surface area contributed by atoms with Crippen LogP contribution in [-0.2, 0) is 4.79 Å². The van der Waals surface area contributed by atoms with Gasteiger partial charge in [0.15, 0.2) is 0 Å². The third-order valence-corrected chi connectivity index (χ3v) is 3.01. The molecule has 3 amide bonds. The number of imide groups is 1. The summed E-state index contributed by atoms with van der Waals surface area (Å²) in [6, 6.07) is 5.82. The fourth-order valence-corrected chi connectivity index (χ4v) is 2.04. The van der Waals surface area contributed by atoms with E-state index in [-0.39, 0.29) is 5.91 Å². The lowest BCUT2D eigenvalue weighted by atomic mass is 10.1. The van der Waals surface area contributed by atoms with Crippen molar-refractivity contribution in [2.75, 3.05) is 14.1 Å². The lowest BCUT2D eigenvalue weighted by molar-refractivity contribution is -0.132. The molecule has 94 valence electrons. The summed E-state index contributed by atoms with van der Waals surface area (Å²) in [5.74, 6) is -1.08. The maximum atomic E-state index is 12.1. The van der Waals surface area contributed by atoms with E-state index >= 15 is 0 Å². The minimum Gasteiger partial charge on any atom is -0.347 e. The first-order valence-corrected chi connectivity index (χ1v) is 5.63. The molecule has 0 saturated heterocycles. The van der Waals surface area contributed by atoms with Crippen molar-refractivity contribution < 1.29 is 14.4 Å². The van der Waals surface area contributed by atoms with Crippen molar-refractivity contribution in [2.45, 2.75) is 13.0 Å². The highest BCUT2D eigenvalue weighted by molar-refractivity contribution is 6.22. The van der Waals surface area contributed by atoms with Crippen LogP contribution in [0.25, 0.3) is 0 Å². The zero-order valence-corrected chi connectivity index (χ0v) is 10.5. The summed E-state index contributed by atoms with van der Waals surface area (Å²) < 4.78 is 0. The van der Waals surface area contributed by atoms with Gasteiger partial charge in [-0.1, -0.05) is 12.1 Å². The predicted molar refractivity (Wildman–Crippen MR) is 65.1 cm³/mol. The maximum absolute atomic E-state index is 12.1. The Kier molecular flexibility index (Phi) is 2.90. The highest BCUT2D eigenvalue weighted by Crippen LogP contribution is 2.24. The summed E-state index contributed by atoms with van der Waals surface area (Å²) in [6.45, 7) is 1.56. The second kappa shape index (κ2) is 4.25. The molecule has 1 aliphatic rings. The Morgan fingerprint density at radius 2 is 1.56 bits per heavy atom. The number of benzene rings is 1. The molecule has 18 heavy (non-hydrogen) atoms. The van der Waals surface area contributed by atoms with Crippen LogP contribution in [0.4, 0.5) is 0 Å². The standard InChI is InChI=1S/C13H14N2O3/c1-8(11(16)14(2)3)15-12(17)9-6-4-5-7-10(9)13(15)18/h4-8H,1-3H3. The fraction of sp³-hybridized carbons (Fsp3) is 0.308. The molecule has 0 saturated carbocycles. The highest BCUT2D eigenvalue weighted by Gasteiger charge is 2.40. The Labute approximate surface area is 105 Å². The summed E-state index contributed by atoms with van der Waals surface area (Å²) in [6.07, 6.45) is 0. The minimum atomic E-state index is -0.785. The van der Waals surface area contributed by atoms with Crippen LogP contribution in [0.1, 0.15) is 27.6 Å². The predicted octanol–water partition coefficient (Wildman–Crippen LogP) is 0.759. The molecule has 1 aromatic carbocycles. The van der Waals surface area contributed by atoms with Crippen LogP contribution in [0, 0.1) is 0 Å². The molecule has 5 nitrogen and oxygen atoms in total. The van der Waals surface area contributed by atoms with Crippen LogP contribution in [0.5, 0.6) is 0 Å². The van der Waals surface area contributed by atoms with Crippen LogP contribution < -0.4 is 0 Å². The molecule has 1 unspecified atom stereocenters. The van der Waals surface area contributed by atoms with Crippen molar-refractivity contribution >= 4 is 17.7 Å². The number of fused-ring (bicyclic) bond motifs is 1. The topological polar surface area (TPSA) is 57.7 Å². The van der Waals surface area contributed by atoms with Gasteiger partial charge in [-0.25, -0.2) is 0 Å². The normalized spacial score (nSPS) is 15.6. The summed E-state index contributed by atoms with van der Waals surface area (Å²) in [5, 5.41) is 0. The molecule has 0 aromatic heterocycles. The molecule has 0 spiro atoms. The van der Waals surface area contributed by atoms with E-state index in [9.17, 15) is 14.4 Å². The number of amides is 3. The average Bonchev–Trinajstić information content (AvgIpc) is 2.61. The van der Waals surface area contributed by atoms with Crippen molar-refractivity contribution in [3.63, 3.8) is 0 Å². The van der Waals surface area contributed by atoms with E-state index in [2.05, 4.69) is 0 Å². The van der Waals surface area contributed by atoms with Gasteiger partial charge in [0.25, 0.3) is 11.8 Å². The van der Waals surface area contributed by atoms with Crippen molar-refractivity contribution in [1.82, 2.24) is 9.80 Å². The zero-order valence-electron chi connectivity index (χ0n) is 10.5. The molecule has 0 fully saturated rings. The first kappa shape index (κ1) is 12.3. The first-order valence-electron chi connectivity index (χ1n) is 5.63. The van der Waals surface area contributed by atoms with E-state index in [1.165, 1.54) is 4.90 Å². The van der Waals surface area contributed by atoms with E-state index in [0.717, 1.165) is 4.90 Å². The van der Waals surface area contributed by atoms with Gasteiger partial charge in [0.2, 0.25) is 5.91 Å². The number of rotatable bonds is 2. The summed E-state index contributed by atoms with van der Waals surface area (Å²) in [5.41, 5.74) is 0.724. The van der Waals surface area contributed by atoms with Gasteiger partial charge in [0.05, 0.1) is 11.1 Å². The van der Waals surface area contributed by atoms with Gasteiger partial charge in [-0.15, -0.1) is 0 Å². The Bertz CT molecular complexity index is 502. The minimum absolute atomic E-state index is 0.274. The number of carbonyl (C=O) groups is 3. The molecule has 1 aliphatic heterocycles. The fourth-order valence-electron chi connectivity index (χ4n) is 2.04. The van der Waals surface area contributed by atoms with Gasteiger partial charge in [-0.05, 0) is 19.1 Å². The number of hydrogen-bond acceptors (Lipinski definition) is 3. The molecule has 5 heteroatoms. The average molecular weight is 246 g/mol. The van der Waals surface area contributed by atoms with Crippen LogP contribution >= 0.6 is 0 Å². The van der Waals surface area contributed by atoms with Gasteiger partial charge in [0, 0.05) is 14.1 Å². The molecule has 0 radical (unpaired) electrons. The quantitative estimate of drug-likeness (QED) is 0.724. The second-order valence-electron chi connectivity index (χ2n) is 4.43. The number of hydrogen-bond donors (Lipinski definition) is 0. The monoisotopic (exact) mass is 246 g/mol. The molecule has 0 N–H and O–H groups in total. The van der Waals surface area contributed by atoms with E-state index < -0.39 is 17.9 Å². The van der Waals surface area contributed by atoms with E-state index in [0.29, 0.717) is 11.1 Å². The molecular formula is C13H14N2O3. The van der Waals surface area contributed by atoms with Crippen LogP contribution in [0.15, 0.2) is 24.3 Å². The molecule has 1 aromatic rings. The Hall–Kier alpha value is -2.17. The Balaban J connectivity index is 2.37. The molecular weight excluding hydrogens is 232 g/mol. The van der Waals surface area contributed by atoms with Crippen LogP contribution in [0.3, 0.4) is 0 Å². The van der Waals surface area contributed by atoms with E-state index in [1.807, 2.05) is 0 Å². The van der Waals surface area contributed by atoms with Crippen molar-refractivity contribution in [3.8, 4) is 0 Å². The van der Waals surface area contributed by atoms with Crippen molar-refractivity contribution in [1.29, 1.82) is 0 Å². The van der Waals surface area contributed by atoms with Gasteiger partial charge < -0.3 is 4.90 Å². The lowest BCUT2D eigenvalue weighted by Crippen LogP contribution is -2.47. The molecule has 1 heterocycles. The number of nitrogens with zero attached hydrogens (tertiary/aromatic N) is 2. The summed E-state index contributed by atoms with van der Waals surface area (Å²) >= 11 is 0. The molecule has 0 aliphatic carbocycles. The zero-order chi connectivity index (χ0) is 13.4. The Morgan fingerprint density at radius 3 is 1.94 bits per heavy atom. The lowest BCUT2D eigenvalue weighted by Gasteiger charge is -2.24. The van der Waals surface area contributed by atoms with Crippen LogP contribution in [-0.4, -0.2) is 47.7 Å². The smallest absolute Gasteiger partial charge is 0.262 e. The Morgan fingerprint density at radius 1 is 1.11 bits per heavy atom. The van der Waals surface area contributed by atoms with Gasteiger partial charge in [0.1, 0.15) is 6.04 Å². The molecule has 2 rings (SSSR count). The summed E-state index contributed by atoms with van der Waals surface area (Å²) in [4.78, 5) is 38.5. The van der Waals surface area contributed by atoms with Crippen molar-refractivity contribution in [3.05, 3.63) is 35.4 Å². The van der Waals surface area contributed by atoms with Gasteiger partial charge in [-0.3, -0.25) is 19.3 Å². The third kappa shape index (κ3) is 1.68. The first-order chi connectivity index (χ1) is 8.45. The number of carbonyl (C=O) groups excluding carboxylic acids is 3. The highest BCUT2D eigenvalue weighted by atomic mass is 16.2. The molecule has 0 bridgehead atoms. The third-order valence-electron chi connectivity index (χ3n) is 3.01. The molecule has 1 atom stereocenters.